The molecule has 0 spiro atoms. The molecule has 3 unspecified atom stereocenters. The van der Waals surface area contributed by atoms with E-state index in [0.29, 0.717) is 11.6 Å². The Balaban J connectivity index is 1.27. The van der Waals surface area contributed by atoms with Crippen molar-refractivity contribution >= 4 is 34.3 Å². The minimum Gasteiger partial charge on any atom is -0.469 e. The van der Waals surface area contributed by atoms with Crippen LogP contribution < -0.4 is 4.74 Å². The lowest BCUT2D eigenvalue weighted by Crippen LogP contribution is -2.49. The van der Waals surface area contributed by atoms with Gasteiger partial charge >= 0.3 is 6.09 Å². The van der Waals surface area contributed by atoms with E-state index in [1.165, 1.54) is 12.3 Å². The number of hydrogen-bond acceptors (Lipinski definition) is 7. The molecule has 3 atom stereocenters. The maximum absolute atomic E-state index is 13.4. The SMILES string of the molecule is Cc1c(-c2cc(OC(C)c3ccc(F)cn3)n3c(I)cnc3c2)nnn1C1CC2CCC(C1)N2C(=O)OC(C)(C)C. The number of aromatic nitrogens is 6. The Morgan fingerprint density at radius 1 is 1.10 bits per heavy atom. The molecular formula is C29H33FIN7O3. The van der Waals surface area contributed by atoms with Crippen LogP contribution in [0.3, 0.4) is 0 Å². The van der Waals surface area contributed by atoms with Crippen LogP contribution in [0.5, 0.6) is 5.88 Å². The quantitative estimate of drug-likeness (QED) is 0.230. The summed E-state index contributed by atoms with van der Waals surface area (Å²) in [6.45, 7) is 9.61. The van der Waals surface area contributed by atoms with Gasteiger partial charge < -0.3 is 14.4 Å². The number of amides is 1. The molecule has 2 saturated heterocycles. The fourth-order valence-electron chi connectivity index (χ4n) is 6.05. The third kappa shape index (κ3) is 5.38. The lowest BCUT2D eigenvalue weighted by molar-refractivity contribution is 0.00214. The van der Waals surface area contributed by atoms with Crippen LogP contribution in [0.1, 0.15) is 76.9 Å². The van der Waals surface area contributed by atoms with Crippen LogP contribution in [0.15, 0.2) is 36.7 Å². The summed E-state index contributed by atoms with van der Waals surface area (Å²) >= 11 is 2.22. The van der Waals surface area contributed by atoms with Crippen molar-refractivity contribution in [3.8, 4) is 17.1 Å². The van der Waals surface area contributed by atoms with Crippen molar-refractivity contribution in [1.29, 1.82) is 0 Å². The summed E-state index contributed by atoms with van der Waals surface area (Å²) in [6, 6.07) is 7.32. The highest BCUT2D eigenvalue weighted by Crippen LogP contribution is 2.42. The molecule has 12 heteroatoms. The monoisotopic (exact) mass is 673 g/mol. The van der Waals surface area contributed by atoms with Crippen molar-refractivity contribution in [3.05, 3.63) is 57.6 Å². The van der Waals surface area contributed by atoms with Gasteiger partial charge in [-0.1, -0.05) is 5.21 Å². The van der Waals surface area contributed by atoms with Crippen molar-refractivity contribution in [1.82, 2.24) is 34.3 Å². The van der Waals surface area contributed by atoms with Gasteiger partial charge in [-0.15, -0.1) is 5.10 Å². The molecule has 6 heterocycles. The molecule has 216 valence electrons. The molecule has 0 radical (unpaired) electrons. The van der Waals surface area contributed by atoms with Crippen molar-refractivity contribution in [2.75, 3.05) is 0 Å². The standard InChI is InChI=1S/C29H33FIN7O3/c1-16-27(34-35-38(16)22-12-20-7-8-21(13-22)36(20)28(39)41-29(3,4)5)18-10-25-33-15-24(31)37(25)26(11-18)40-17(2)23-9-6-19(30)14-32-23/h6,9-11,14-15,17,20-22H,7-8,12-13H2,1-5H3. The van der Waals surface area contributed by atoms with E-state index in [1.54, 1.807) is 12.3 Å². The van der Waals surface area contributed by atoms with Gasteiger partial charge in [0, 0.05) is 23.7 Å². The Kier molecular flexibility index (Phi) is 7.15. The first-order valence-electron chi connectivity index (χ1n) is 13.9. The van der Waals surface area contributed by atoms with Gasteiger partial charge in [-0.05, 0) is 101 Å². The van der Waals surface area contributed by atoms with Gasteiger partial charge in [-0.25, -0.2) is 18.9 Å². The molecule has 2 aliphatic heterocycles. The van der Waals surface area contributed by atoms with Crippen molar-refractivity contribution in [2.45, 2.75) is 90.1 Å². The van der Waals surface area contributed by atoms with Crippen LogP contribution in [0.4, 0.5) is 9.18 Å². The minimum absolute atomic E-state index is 0.130. The second-order valence-electron chi connectivity index (χ2n) is 11.9. The van der Waals surface area contributed by atoms with Gasteiger partial charge in [-0.2, -0.15) is 0 Å². The fourth-order valence-corrected chi connectivity index (χ4v) is 6.67. The van der Waals surface area contributed by atoms with Crippen LogP contribution in [-0.4, -0.2) is 58.0 Å². The lowest BCUT2D eigenvalue weighted by Gasteiger charge is -2.39. The van der Waals surface area contributed by atoms with Gasteiger partial charge in [0.15, 0.2) is 0 Å². The molecule has 0 saturated carbocycles. The zero-order valence-electron chi connectivity index (χ0n) is 23.7. The van der Waals surface area contributed by atoms with E-state index in [1.807, 2.05) is 60.7 Å². The molecule has 2 bridgehead atoms. The number of piperidine rings is 1. The number of carbonyl (C=O) groups excluding carboxylic acids is 1. The predicted octanol–water partition coefficient (Wildman–Crippen LogP) is 6.28. The highest BCUT2D eigenvalue weighted by molar-refractivity contribution is 14.1. The summed E-state index contributed by atoms with van der Waals surface area (Å²) in [5.74, 6) is 0.187. The summed E-state index contributed by atoms with van der Waals surface area (Å²) in [5.41, 5.74) is 3.36. The number of carbonyl (C=O) groups is 1. The molecule has 0 aromatic carbocycles. The third-order valence-corrected chi connectivity index (χ3v) is 8.61. The van der Waals surface area contributed by atoms with E-state index in [2.05, 4.69) is 42.9 Å². The number of hydrogen-bond donors (Lipinski definition) is 0. The zero-order chi connectivity index (χ0) is 29.1. The number of ether oxygens (including phenoxy) is 2. The summed E-state index contributed by atoms with van der Waals surface area (Å²) in [7, 11) is 0. The third-order valence-electron chi connectivity index (χ3n) is 7.85. The van der Waals surface area contributed by atoms with E-state index >= 15 is 0 Å². The number of pyridine rings is 2. The smallest absolute Gasteiger partial charge is 0.410 e. The summed E-state index contributed by atoms with van der Waals surface area (Å²) in [4.78, 5) is 23.6. The summed E-state index contributed by atoms with van der Waals surface area (Å²) in [6.07, 6.45) is 5.89. The van der Waals surface area contributed by atoms with E-state index in [9.17, 15) is 9.18 Å². The summed E-state index contributed by atoms with van der Waals surface area (Å²) in [5, 5.41) is 9.19. The number of nitrogens with zero attached hydrogens (tertiary/aromatic N) is 7. The fraction of sp³-hybridized carbons (Fsp3) is 0.483. The molecule has 0 N–H and O–H groups in total. The molecule has 0 aliphatic carbocycles. The largest absolute Gasteiger partial charge is 0.469 e. The van der Waals surface area contributed by atoms with Crippen LogP contribution >= 0.6 is 22.6 Å². The Morgan fingerprint density at radius 3 is 2.49 bits per heavy atom. The Hall–Kier alpha value is -3.29. The van der Waals surface area contributed by atoms with Gasteiger partial charge in [0.2, 0.25) is 5.88 Å². The highest BCUT2D eigenvalue weighted by Gasteiger charge is 2.46. The van der Waals surface area contributed by atoms with Crippen LogP contribution in [-0.2, 0) is 4.74 Å². The molecule has 4 aromatic heterocycles. The number of halogens is 2. The number of imidazole rings is 1. The first-order valence-corrected chi connectivity index (χ1v) is 14.9. The highest BCUT2D eigenvalue weighted by atomic mass is 127. The lowest BCUT2D eigenvalue weighted by atomic mass is 9.97. The van der Waals surface area contributed by atoms with E-state index in [4.69, 9.17) is 9.47 Å². The van der Waals surface area contributed by atoms with Crippen molar-refractivity contribution in [2.24, 2.45) is 0 Å². The number of fused-ring (bicyclic) bond motifs is 3. The predicted molar refractivity (Wildman–Crippen MR) is 158 cm³/mol. The molecule has 4 aromatic rings. The molecule has 2 aliphatic rings. The maximum atomic E-state index is 13.4. The first kappa shape index (κ1) is 27.9. The zero-order valence-corrected chi connectivity index (χ0v) is 25.9. The Bertz CT molecular complexity index is 1580. The molecular weight excluding hydrogens is 640 g/mol. The topological polar surface area (TPSA) is 99.7 Å². The van der Waals surface area contributed by atoms with Crippen molar-refractivity contribution in [3.63, 3.8) is 0 Å². The van der Waals surface area contributed by atoms with Crippen LogP contribution in [0.2, 0.25) is 0 Å². The van der Waals surface area contributed by atoms with Gasteiger partial charge in [0.25, 0.3) is 0 Å². The van der Waals surface area contributed by atoms with E-state index < -0.39 is 17.5 Å². The Labute approximate surface area is 251 Å². The minimum atomic E-state index is -0.519. The maximum Gasteiger partial charge on any atom is 0.410 e. The Morgan fingerprint density at radius 2 is 1.83 bits per heavy atom. The van der Waals surface area contributed by atoms with Crippen molar-refractivity contribution < 1.29 is 18.7 Å². The van der Waals surface area contributed by atoms with E-state index in [-0.39, 0.29) is 24.2 Å². The molecule has 6 rings (SSSR count). The summed E-state index contributed by atoms with van der Waals surface area (Å²) < 4.78 is 30.3. The molecule has 2 fully saturated rings. The van der Waals surface area contributed by atoms with Gasteiger partial charge in [-0.3, -0.25) is 9.38 Å². The van der Waals surface area contributed by atoms with Crippen LogP contribution in [0.25, 0.3) is 16.9 Å². The average molecular weight is 674 g/mol. The molecule has 1 amide bonds. The second-order valence-corrected chi connectivity index (χ2v) is 13.0. The van der Waals surface area contributed by atoms with E-state index in [0.717, 1.165) is 52.0 Å². The van der Waals surface area contributed by atoms with Gasteiger partial charge in [0.05, 0.1) is 29.8 Å². The molecule has 10 nitrogen and oxygen atoms in total. The normalized spacial score (nSPS) is 21.3. The van der Waals surface area contributed by atoms with Crippen LogP contribution in [0, 0.1) is 16.4 Å². The molecule has 41 heavy (non-hydrogen) atoms. The first-order chi connectivity index (χ1) is 19.5. The van der Waals surface area contributed by atoms with Gasteiger partial charge in [0.1, 0.15) is 32.6 Å². The second kappa shape index (κ2) is 10.5. The number of rotatable bonds is 5. The average Bonchev–Trinajstić information content (AvgIpc) is 3.56.